The molecule has 210 valence electrons. The summed E-state index contributed by atoms with van der Waals surface area (Å²) in [6.07, 6.45) is -0.465. The van der Waals surface area contributed by atoms with E-state index in [9.17, 15) is 9.59 Å². The number of aliphatic imine (C=N–C) groups is 1. The van der Waals surface area contributed by atoms with Gasteiger partial charge in [-0.1, -0.05) is 52.9 Å². The molecule has 2 fully saturated rings. The van der Waals surface area contributed by atoms with E-state index in [4.69, 9.17) is 18.3 Å². The highest BCUT2D eigenvalue weighted by atomic mass is 32.1. The number of carbonyl (C=O) groups is 1. The molecule has 1 amide bonds. The van der Waals surface area contributed by atoms with Crippen molar-refractivity contribution in [2.45, 2.75) is 76.2 Å². The second-order valence-corrected chi connectivity index (χ2v) is 17.9. The Labute approximate surface area is 227 Å². The van der Waals surface area contributed by atoms with Gasteiger partial charge in [0, 0.05) is 38.3 Å². The van der Waals surface area contributed by atoms with Crippen molar-refractivity contribution in [2.24, 2.45) is 4.99 Å². The van der Waals surface area contributed by atoms with E-state index >= 15 is 0 Å². The summed E-state index contributed by atoms with van der Waals surface area (Å²) in [5, 5.41) is -0.578. The van der Waals surface area contributed by atoms with Crippen LogP contribution in [0.5, 0.6) is 0 Å². The highest BCUT2D eigenvalue weighted by Gasteiger charge is 2.66. The zero-order valence-electron chi connectivity index (χ0n) is 23.7. The van der Waals surface area contributed by atoms with E-state index in [1.54, 1.807) is 31.5 Å². The van der Waals surface area contributed by atoms with Crippen LogP contribution in [0.2, 0.25) is 10.1 Å². The highest BCUT2D eigenvalue weighted by molar-refractivity contribution is 7.16. The second kappa shape index (κ2) is 9.97. The lowest BCUT2D eigenvalue weighted by molar-refractivity contribution is -0.0798. The third kappa shape index (κ3) is 4.99. The molecule has 12 nitrogen and oxygen atoms in total. The summed E-state index contributed by atoms with van der Waals surface area (Å²) in [4.78, 5) is 42.0. The number of thiazole rings is 1. The van der Waals surface area contributed by atoms with E-state index in [0.29, 0.717) is 10.3 Å². The van der Waals surface area contributed by atoms with Gasteiger partial charge in [0.1, 0.15) is 12.2 Å². The first-order valence-electron chi connectivity index (χ1n) is 12.5. The van der Waals surface area contributed by atoms with E-state index in [1.165, 1.54) is 9.47 Å². The summed E-state index contributed by atoms with van der Waals surface area (Å²) in [7, 11) is 3.95. The summed E-state index contributed by atoms with van der Waals surface area (Å²) >= 11 is 0.993. The van der Waals surface area contributed by atoms with Gasteiger partial charge in [0.15, 0.2) is 18.0 Å². The topological polar surface area (TPSA) is 121 Å². The number of rotatable bonds is 4. The molecule has 2 aliphatic rings. The van der Waals surface area contributed by atoms with Gasteiger partial charge in [-0.2, -0.15) is 4.98 Å². The van der Waals surface area contributed by atoms with E-state index in [0.717, 1.165) is 11.3 Å². The van der Waals surface area contributed by atoms with Gasteiger partial charge in [0.25, 0.3) is 5.95 Å². The molecule has 0 bridgehead atoms. The highest BCUT2D eigenvalue weighted by Crippen LogP contribution is 2.56. The first kappa shape index (κ1) is 28.6. The molecule has 0 saturated carbocycles. The van der Waals surface area contributed by atoms with E-state index in [1.807, 2.05) is 14.1 Å². The second-order valence-electron chi connectivity index (χ2n) is 12.1. The van der Waals surface area contributed by atoms with Crippen LogP contribution < -0.4 is 4.87 Å². The van der Waals surface area contributed by atoms with Crippen LogP contribution >= 0.6 is 11.3 Å². The molecule has 2 saturated heterocycles. The zero-order chi connectivity index (χ0) is 28.2. The molecule has 2 aromatic rings. The maximum absolute atomic E-state index is 13.3. The molecular weight excluding hydrogens is 528 g/mol. The molecule has 2 aromatic heterocycles. The fraction of sp³-hybridized carbons (Fsp3) is 0.708. The number of hydrogen-bond acceptors (Lipinski definition) is 10. The fourth-order valence-corrected chi connectivity index (χ4v) is 10.9. The molecule has 0 aliphatic carbocycles. The number of carbonyl (C=O) groups excluding carboxylic acids is 1. The Hall–Kier alpha value is -2.39. The van der Waals surface area contributed by atoms with Gasteiger partial charge in [-0.3, -0.25) is 9.36 Å². The predicted molar refractivity (Wildman–Crippen MR) is 147 cm³/mol. The van der Waals surface area contributed by atoms with Crippen molar-refractivity contribution in [1.29, 1.82) is 0 Å². The monoisotopic (exact) mass is 566 g/mol. The third-order valence-corrected chi connectivity index (χ3v) is 12.6. The molecule has 38 heavy (non-hydrogen) atoms. The molecule has 14 heteroatoms. The maximum atomic E-state index is 13.3. The predicted octanol–water partition coefficient (Wildman–Crippen LogP) is 3.50. The molecule has 4 atom stereocenters. The zero-order valence-corrected chi connectivity index (χ0v) is 25.5. The van der Waals surface area contributed by atoms with E-state index in [-0.39, 0.29) is 27.5 Å². The number of ether oxygens (including phenoxy) is 2. The van der Waals surface area contributed by atoms with Crippen molar-refractivity contribution >= 4 is 48.6 Å². The molecule has 0 N–H and O–H groups in total. The number of amides is 1. The van der Waals surface area contributed by atoms with E-state index < -0.39 is 39.2 Å². The summed E-state index contributed by atoms with van der Waals surface area (Å²) < 4.78 is 27.8. The normalized spacial score (nSPS) is 25.5. The van der Waals surface area contributed by atoms with Gasteiger partial charge in [-0.15, -0.1) is 0 Å². The van der Waals surface area contributed by atoms with Crippen LogP contribution in [0.25, 0.3) is 10.3 Å². The van der Waals surface area contributed by atoms with Crippen LogP contribution in [-0.4, -0.2) is 98.4 Å². The first-order valence-corrected chi connectivity index (χ1v) is 15.1. The minimum atomic E-state index is -2.92. The molecule has 0 radical (unpaired) electrons. The summed E-state index contributed by atoms with van der Waals surface area (Å²) in [6, 6.07) is 0. The summed E-state index contributed by atoms with van der Waals surface area (Å²) in [5.74, 6) is 0.196. The minimum Gasteiger partial charge on any atom is -0.438 e. The van der Waals surface area contributed by atoms with Gasteiger partial charge in [-0.05, 0) is 0 Å². The number of fused-ring (bicyclic) bond motifs is 2. The van der Waals surface area contributed by atoms with Crippen molar-refractivity contribution in [3.63, 3.8) is 0 Å². The van der Waals surface area contributed by atoms with Crippen LogP contribution in [0.15, 0.2) is 16.0 Å². The Balaban J connectivity index is 1.82. The van der Waals surface area contributed by atoms with Crippen LogP contribution in [0.4, 0.5) is 10.7 Å². The van der Waals surface area contributed by atoms with E-state index in [2.05, 4.69) is 56.5 Å². The number of nitrogens with zero attached hydrogens (tertiary/aromatic N) is 6. The molecule has 0 unspecified atom stereocenters. The lowest BCUT2D eigenvalue weighted by Crippen LogP contribution is -2.65. The number of hydrogen-bond donors (Lipinski definition) is 0. The Morgan fingerprint density at radius 1 is 1.21 bits per heavy atom. The van der Waals surface area contributed by atoms with Gasteiger partial charge in [0.2, 0.25) is 0 Å². The molecule has 4 heterocycles. The summed E-state index contributed by atoms with van der Waals surface area (Å²) in [5.41, 5.74) is 0.353. The van der Waals surface area contributed by atoms with Crippen molar-refractivity contribution in [2.75, 3.05) is 34.8 Å². The lowest BCUT2D eigenvalue weighted by Gasteiger charge is -2.53. The Bertz CT molecular complexity index is 1270. The lowest BCUT2D eigenvalue weighted by atomic mass is 10.1. The fourth-order valence-electron chi connectivity index (χ4n) is 5.16. The smallest absolute Gasteiger partial charge is 0.409 e. The van der Waals surface area contributed by atoms with Crippen LogP contribution in [0, 0.1) is 0 Å². The molecule has 2 aliphatic heterocycles. The van der Waals surface area contributed by atoms with Gasteiger partial charge >= 0.3 is 19.5 Å². The average molecular weight is 567 g/mol. The third-order valence-electron chi connectivity index (χ3n) is 6.62. The molecular formula is C24H38N6O6SSi. The Kier molecular flexibility index (Phi) is 7.51. The van der Waals surface area contributed by atoms with Gasteiger partial charge < -0.3 is 28.1 Å². The quantitative estimate of drug-likeness (QED) is 0.311. The standard InChI is InChI=1S/C24H38N6O6SSi/c1-23(2,3)38(24(4,5)6)33-12-14-16(36-38)17(35-21(31)29(9)10)19(34-14)30-18-15(37-22(30)32)11-25-20(27-18)26-13-28(7)8/h11,13-14,16-17,19H,12H2,1-10H3/t14-,16+,17-,19-/m1/s1. The van der Waals surface area contributed by atoms with Crippen LogP contribution in [0.1, 0.15) is 47.8 Å². The van der Waals surface area contributed by atoms with Crippen LogP contribution in [-0.2, 0) is 18.3 Å². The van der Waals surface area contributed by atoms with Crippen molar-refractivity contribution < 1.29 is 23.1 Å². The average Bonchev–Trinajstić information content (AvgIpc) is 3.31. The van der Waals surface area contributed by atoms with Crippen LogP contribution in [0.3, 0.4) is 0 Å². The SMILES string of the molecule is CN(C)C=Nc1ncc2sc(=O)n([C@@H]3O[C@@H]4CO[Si](C(C)(C)C)(C(C)(C)C)O[C@@H]4[C@H]3OC(=O)N(C)C)c2n1. The number of aromatic nitrogens is 3. The largest absolute Gasteiger partial charge is 0.438 e. The van der Waals surface area contributed by atoms with Gasteiger partial charge in [-0.25, -0.2) is 14.8 Å². The molecule has 4 rings (SSSR count). The first-order chi connectivity index (χ1) is 17.6. The molecule has 0 aromatic carbocycles. The van der Waals surface area contributed by atoms with Crippen molar-refractivity contribution in [3.05, 3.63) is 15.9 Å². The Morgan fingerprint density at radius 2 is 1.87 bits per heavy atom. The minimum absolute atomic E-state index is 0.196. The maximum Gasteiger partial charge on any atom is 0.409 e. The van der Waals surface area contributed by atoms with Gasteiger partial charge in [0.05, 0.1) is 23.8 Å². The Morgan fingerprint density at radius 3 is 2.45 bits per heavy atom. The molecule has 0 spiro atoms. The van der Waals surface area contributed by atoms with Crippen molar-refractivity contribution in [3.8, 4) is 0 Å². The summed E-state index contributed by atoms with van der Waals surface area (Å²) in [6.45, 7) is 12.9. The van der Waals surface area contributed by atoms with Crippen molar-refractivity contribution in [1.82, 2.24) is 24.3 Å².